The highest BCUT2D eigenvalue weighted by Gasteiger charge is 2.34. The molecule has 18 heavy (non-hydrogen) atoms. The molecule has 0 unspecified atom stereocenters. The standard InChI is InChI=1S/C16H24O2/c1-5-16(6-2,18-7-3)15(17)12-14-10-8-13(4)9-11-14/h8-11H,5-7,12H2,1-4H3. The number of carbonyl (C=O) groups excluding carboxylic acids is 1. The topological polar surface area (TPSA) is 26.3 Å². The van der Waals surface area contributed by atoms with E-state index in [4.69, 9.17) is 4.74 Å². The highest BCUT2D eigenvalue weighted by molar-refractivity contribution is 5.89. The Morgan fingerprint density at radius 2 is 1.67 bits per heavy atom. The molecule has 0 amide bonds. The van der Waals surface area contributed by atoms with Crippen LogP contribution in [-0.4, -0.2) is 18.0 Å². The molecule has 0 saturated heterocycles. The molecule has 0 aliphatic heterocycles. The summed E-state index contributed by atoms with van der Waals surface area (Å²) in [6.45, 7) is 8.62. The van der Waals surface area contributed by atoms with Crippen molar-refractivity contribution in [2.45, 2.75) is 52.6 Å². The Morgan fingerprint density at radius 3 is 2.11 bits per heavy atom. The summed E-state index contributed by atoms with van der Waals surface area (Å²) in [6, 6.07) is 8.14. The van der Waals surface area contributed by atoms with E-state index in [1.54, 1.807) is 0 Å². The summed E-state index contributed by atoms with van der Waals surface area (Å²) < 4.78 is 5.74. The summed E-state index contributed by atoms with van der Waals surface area (Å²) in [5, 5.41) is 0. The van der Waals surface area contributed by atoms with Crippen molar-refractivity contribution in [3.8, 4) is 0 Å². The molecule has 2 nitrogen and oxygen atoms in total. The number of ether oxygens (including phenoxy) is 1. The second-order valence-electron chi connectivity index (χ2n) is 4.72. The number of Topliss-reactive ketones (excluding diaryl/α,β-unsaturated/α-hetero) is 1. The van der Waals surface area contributed by atoms with Gasteiger partial charge in [0, 0.05) is 13.0 Å². The summed E-state index contributed by atoms with van der Waals surface area (Å²) in [5.74, 6) is 0.193. The van der Waals surface area contributed by atoms with Gasteiger partial charge in [-0.3, -0.25) is 4.79 Å². The minimum atomic E-state index is -0.598. The molecular weight excluding hydrogens is 224 g/mol. The number of benzene rings is 1. The van der Waals surface area contributed by atoms with Crippen LogP contribution in [0.25, 0.3) is 0 Å². The van der Waals surface area contributed by atoms with Crippen LogP contribution in [0.1, 0.15) is 44.7 Å². The van der Waals surface area contributed by atoms with Gasteiger partial charge in [-0.05, 0) is 32.3 Å². The number of rotatable bonds is 7. The van der Waals surface area contributed by atoms with Crippen LogP contribution in [0.4, 0.5) is 0 Å². The van der Waals surface area contributed by atoms with E-state index < -0.39 is 5.60 Å². The molecule has 100 valence electrons. The van der Waals surface area contributed by atoms with E-state index in [9.17, 15) is 4.79 Å². The minimum Gasteiger partial charge on any atom is -0.368 e. The zero-order valence-corrected chi connectivity index (χ0v) is 12.0. The lowest BCUT2D eigenvalue weighted by Crippen LogP contribution is -2.41. The quantitative estimate of drug-likeness (QED) is 0.735. The lowest BCUT2D eigenvalue weighted by molar-refractivity contribution is -0.144. The second-order valence-corrected chi connectivity index (χ2v) is 4.72. The smallest absolute Gasteiger partial charge is 0.168 e. The summed E-state index contributed by atoms with van der Waals surface area (Å²) in [7, 11) is 0. The molecule has 0 bridgehead atoms. The molecule has 0 N–H and O–H groups in total. The number of carbonyl (C=O) groups is 1. The molecule has 0 saturated carbocycles. The Kier molecular flexibility index (Phi) is 5.54. The van der Waals surface area contributed by atoms with E-state index in [-0.39, 0.29) is 5.78 Å². The Balaban J connectivity index is 2.81. The van der Waals surface area contributed by atoms with E-state index in [0.717, 1.165) is 18.4 Å². The first-order chi connectivity index (χ1) is 8.57. The van der Waals surface area contributed by atoms with E-state index in [0.29, 0.717) is 13.0 Å². The molecule has 2 heteroatoms. The first-order valence-electron chi connectivity index (χ1n) is 6.80. The number of hydrogen-bond acceptors (Lipinski definition) is 2. The molecular formula is C16H24O2. The molecule has 1 aromatic rings. The molecule has 1 rings (SSSR count). The fraction of sp³-hybridized carbons (Fsp3) is 0.562. The van der Waals surface area contributed by atoms with Gasteiger partial charge in [-0.2, -0.15) is 0 Å². The first kappa shape index (κ1) is 14.9. The van der Waals surface area contributed by atoms with Gasteiger partial charge >= 0.3 is 0 Å². The van der Waals surface area contributed by atoms with Gasteiger partial charge in [0.1, 0.15) is 5.60 Å². The second kappa shape index (κ2) is 6.69. The van der Waals surface area contributed by atoms with Gasteiger partial charge in [-0.15, -0.1) is 0 Å². The van der Waals surface area contributed by atoms with Gasteiger partial charge < -0.3 is 4.74 Å². The van der Waals surface area contributed by atoms with Crippen molar-refractivity contribution in [1.82, 2.24) is 0 Å². The Labute approximate surface area is 110 Å². The van der Waals surface area contributed by atoms with Gasteiger partial charge in [-0.1, -0.05) is 43.7 Å². The van der Waals surface area contributed by atoms with Crippen LogP contribution >= 0.6 is 0 Å². The average Bonchev–Trinajstić information content (AvgIpc) is 2.38. The third-order valence-electron chi connectivity index (χ3n) is 3.56. The Bertz CT molecular complexity index is 375. The molecule has 0 radical (unpaired) electrons. The van der Waals surface area contributed by atoms with Crippen LogP contribution in [0.2, 0.25) is 0 Å². The predicted octanol–water partition coefficient (Wildman–Crippen LogP) is 3.70. The Morgan fingerprint density at radius 1 is 1.11 bits per heavy atom. The van der Waals surface area contributed by atoms with Gasteiger partial charge in [0.15, 0.2) is 5.78 Å². The number of hydrogen-bond donors (Lipinski definition) is 0. The molecule has 0 aliphatic carbocycles. The van der Waals surface area contributed by atoms with Gasteiger partial charge in [0.2, 0.25) is 0 Å². The molecule has 0 spiro atoms. The van der Waals surface area contributed by atoms with Crippen molar-refractivity contribution in [3.63, 3.8) is 0 Å². The molecule has 0 atom stereocenters. The van der Waals surface area contributed by atoms with E-state index in [1.165, 1.54) is 5.56 Å². The third kappa shape index (κ3) is 3.42. The highest BCUT2D eigenvalue weighted by atomic mass is 16.5. The lowest BCUT2D eigenvalue weighted by Gasteiger charge is -2.30. The Hall–Kier alpha value is -1.15. The van der Waals surface area contributed by atoms with Crippen molar-refractivity contribution in [2.24, 2.45) is 0 Å². The van der Waals surface area contributed by atoms with Crippen molar-refractivity contribution < 1.29 is 9.53 Å². The summed E-state index contributed by atoms with van der Waals surface area (Å²) in [4.78, 5) is 12.4. The van der Waals surface area contributed by atoms with Crippen LogP contribution in [0.5, 0.6) is 0 Å². The summed E-state index contributed by atoms with van der Waals surface area (Å²) in [6.07, 6.45) is 1.94. The monoisotopic (exact) mass is 248 g/mol. The molecule has 0 heterocycles. The van der Waals surface area contributed by atoms with Crippen LogP contribution in [-0.2, 0) is 16.0 Å². The molecule has 0 aliphatic rings. The first-order valence-corrected chi connectivity index (χ1v) is 6.80. The average molecular weight is 248 g/mol. The normalized spacial score (nSPS) is 11.6. The third-order valence-corrected chi connectivity index (χ3v) is 3.56. The maximum absolute atomic E-state index is 12.4. The minimum absolute atomic E-state index is 0.193. The molecule has 0 fully saturated rings. The largest absolute Gasteiger partial charge is 0.368 e. The summed E-state index contributed by atoms with van der Waals surface area (Å²) >= 11 is 0. The molecule has 0 aromatic heterocycles. The number of aryl methyl sites for hydroxylation is 1. The van der Waals surface area contributed by atoms with Gasteiger partial charge in [0.25, 0.3) is 0 Å². The highest BCUT2D eigenvalue weighted by Crippen LogP contribution is 2.24. The van der Waals surface area contributed by atoms with Crippen LogP contribution in [0, 0.1) is 6.92 Å². The van der Waals surface area contributed by atoms with Gasteiger partial charge in [-0.25, -0.2) is 0 Å². The van der Waals surface area contributed by atoms with E-state index in [1.807, 2.05) is 52.0 Å². The van der Waals surface area contributed by atoms with Crippen LogP contribution in [0.15, 0.2) is 24.3 Å². The number of ketones is 1. The fourth-order valence-corrected chi connectivity index (χ4v) is 2.26. The SMILES string of the molecule is CCOC(CC)(CC)C(=O)Cc1ccc(C)cc1. The predicted molar refractivity (Wildman–Crippen MR) is 74.8 cm³/mol. The zero-order valence-electron chi connectivity index (χ0n) is 12.0. The van der Waals surface area contributed by atoms with Crippen LogP contribution in [0.3, 0.4) is 0 Å². The fourth-order valence-electron chi connectivity index (χ4n) is 2.26. The molecule has 1 aromatic carbocycles. The van der Waals surface area contributed by atoms with Crippen molar-refractivity contribution in [2.75, 3.05) is 6.61 Å². The lowest BCUT2D eigenvalue weighted by atomic mass is 9.88. The van der Waals surface area contributed by atoms with E-state index >= 15 is 0 Å². The van der Waals surface area contributed by atoms with Crippen molar-refractivity contribution >= 4 is 5.78 Å². The summed E-state index contributed by atoms with van der Waals surface area (Å²) in [5.41, 5.74) is 1.68. The van der Waals surface area contributed by atoms with Crippen molar-refractivity contribution in [3.05, 3.63) is 35.4 Å². The van der Waals surface area contributed by atoms with E-state index in [2.05, 4.69) is 0 Å². The maximum Gasteiger partial charge on any atom is 0.168 e. The van der Waals surface area contributed by atoms with Gasteiger partial charge in [0.05, 0.1) is 0 Å². The zero-order chi connectivity index (χ0) is 13.6. The van der Waals surface area contributed by atoms with Crippen LogP contribution < -0.4 is 0 Å². The van der Waals surface area contributed by atoms with Crippen molar-refractivity contribution in [1.29, 1.82) is 0 Å². The maximum atomic E-state index is 12.4.